The Morgan fingerprint density at radius 1 is 0.946 bits per heavy atom. The second-order valence-corrected chi connectivity index (χ2v) is 9.15. The van der Waals surface area contributed by atoms with E-state index in [2.05, 4.69) is 21.3 Å². The van der Waals surface area contributed by atoms with Crippen LogP contribution in [0.5, 0.6) is 0 Å². The lowest BCUT2D eigenvalue weighted by molar-refractivity contribution is -0.142. The molecule has 4 atom stereocenters. The largest absolute Gasteiger partial charge is 0.480 e. The number of carbonyl (C=O) groups is 5. The molecule has 12 nitrogen and oxygen atoms in total. The number of carboxylic acids is 1. The van der Waals surface area contributed by atoms with Crippen molar-refractivity contribution in [3.8, 4) is 0 Å². The van der Waals surface area contributed by atoms with Crippen LogP contribution in [0.4, 0.5) is 0 Å². The molecule has 1 heterocycles. The van der Waals surface area contributed by atoms with Crippen molar-refractivity contribution in [2.24, 2.45) is 11.5 Å². The Morgan fingerprint density at radius 2 is 1.62 bits per heavy atom. The van der Waals surface area contributed by atoms with Crippen LogP contribution < -0.4 is 32.7 Å². The maximum atomic E-state index is 13.2. The van der Waals surface area contributed by atoms with Gasteiger partial charge in [0.2, 0.25) is 23.6 Å². The first-order valence-corrected chi connectivity index (χ1v) is 12.6. The Kier molecular flexibility index (Phi) is 12.5. The average Bonchev–Trinajstić information content (AvgIpc) is 3.41. The van der Waals surface area contributed by atoms with Crippen molar-refractivity contribution < 1.29 is 29.1 Å². The Hall–Kier alpha value is -3.51. The fraction of sp³-hybridized carbons (Fsp3) is 0.560. The molecule has 9 N–H and O–H groups in total. The van der Waals surface area contributed by atoms with E-state index in [1.807, 2.05) is 6.07 Å². The summed E-state index contributed by atoms with van der Waals surface area (Å²) in [5, 5.41) is 20.4. The molecule has 1 aromatic rings. The van der Waals surface area contributed by atoms with Gasteiger partial charge in [-0.2, -0.15) is 0 Å². The molecule has 204 valence electrons. The second kappa shape index (κ2) is 15.6. The number of hydrogen-bond donors (Lipinski definition) is 7. The number of benzene rings is 1. The lowest BCUT2D eigenvalue weighted by Crippen LogP contribution is -2.57. The summed E-state index contributed by atoms with van der Waals surface area (Å²) in [5.74, 6) is -3.54. The van der Waals surface area contributed by atoms with Crippen LogP contribution in [0.15, 0.2) is 30.3 Å². The van der Waals surface area contributed by atoms with Crippen LogP contribution in [0.2, 0.25) is 0 Å². The zero-order valence-corrected chi connectivity index (χ0v) is 20.9. The Labute approximate surface area is 216 Å². The molecule has 0 aliphatic carbocycles. The molecule has 1 fully saturated rings. The van der Waals surface area contributed by atoms with Gasteiger partial charge in [0.1, 0.15) is 18.1 Å². The first-order chi connectivity index (χ1) is 17.7. The summed E-state index contributed by atoms with van der Waals surface area (Å²) in [7, 11) is 0. The smallest absolute Gasteiger partial charge is 0.326 e. The fourth-order valence-corrected chi connectivity index (χ4v) is 4.09. The van der Waals surface area contributed by atoms with Gasteiger partial charge in [-0.3, -0.25) is 19.2 Å². The third kappa shape index (κ3) is 10.6. The predicted molar refractivity (Wildman–Crippen MR) is 136 cm³/mol. The van der Waals surface area contributed by atoms with E-state index in [9.17, 15) is 29.1 Å². The van der Waals surface area contributed by atoms with Crippen LogP contribution in [0, 0.1) is 0 Å². The van der Waals surface area contributed by atoms with Crippen molar-refractivity contribution >= 4 is 29.6 Å². The number of rotatable bonds is 16. The number of hydrogen-bond acceptors (Lipinski definition) is 7. The molecule has 1 aliphatic rings. The van der Waals surface area contributed by atoms with Gasteiger partial charge in [0.15, 0.2) is 0 Å². The monoisotopic (exact) mass is 518 g/mol. The molecular formula is C25H38N6O6. The van der Waals surface area contributed by atoms with Crippen molar-refractivity contribution in [1.82, 2.24) is 21.3 Å². The van der Waals surface area contributed by atoms with Gasteiger partial charge >= 0.3 is 5.97 Å². The van der Waals surface area contributed by atoms with Gasteiger partial charge in [0, 0.05) is 12.8 Å². The third-order valence-corrected chi connectivity index (χ3v) is 6.17. The molecular weight excluding hydrogens is 480 g/mol. The molecule has 1 aliphatic heterocycles. The Balaban J connectivity index is 2.18. The molecule has 0 radical (unpaired) electrons. The summed E-state index contributed by atoms with van der Waals surface area (Å²) in [6, 6.07) is 5.11. The number of carboxylic acid groups (broad SMARTS) is 1. The van der Waals surface area contributed by atoms with Crippen molar-refractivity contribution in [1.29, 1.82) is 0 Å². The molecule has 0 aromatic heterocycles. The highest BCUT2D eigenvalue weighted by Crippen LogP contribution is 2.09. The van der Waals surface area contributed by atoms with Gasteiger partial charge in [0.25, 0.3) is 0 Å². The number of primary amides is 1. The van der Waals surface area contributed by atoms with Gasteiger partial charge in [-0.15, -0.1) is 0 Å². The van der Waals surface area contributed by atoms with E-state index >= 15 is 0 Å². The molecule has 12 heteroatoms. The number of aliphatic carboxylic acids is 1. The van der Waals surface area contributed by atoms with Crippen molar-refractivity contribution in [2.75, 3.05) is 13.1 Å². The molecule has 2 rings (SSSR count). The molecule has 1 aromatic carbocycles. The second-order valence-electron chi connectivity index (χ2n) is 9.15. The number of amides is 4. The summed E-state index contributed by atoms with van der Waals surface area (Å²) in [6.45, 7) is 1.09. The van der Waals surface area contributed by atoms with E-state index in [0.29, 0.717) is 32.4 Å². The summed E-state index contributed by atoms with van der Waals surface area (Å²) in [4.78, 5) is 62.1. The number of nitrogens with two attached hydrogens (primary N) is 2. The van der Waals surface area contributed by atoms with Crippen molar-refractivity contribution in [3.63, 3.8) is 0 Å². The van der Waals surface area contributed by atoms with Crippen LogP contribution in [0.1, 0.15) is 50.5 Å². The van der Waals surface area contributed by atoms with Crippen LogP contribution in [-0.2, 0) is 30.4 Å². The Bertz CT molecular complexity index is 922. The van der Waals surface area contributed by atoms with Gasteiger partial charge in [-0.25, -0.2) is 4.79 Å². The molecule has 37 heavy (non-hydrogen) atoms. The number of unbranched alkanes of at least 4 members (excludes halogenated alkanes) is 1. The molecule has 4 amide bonds. The lowest BCUT2D eigenvalue weighted by atomic mass is 10.0. The summed E-state index contributed by atoms with van der Waals surface area (Å²) in [6.07, 6.45) is 2.66. The Morgan fingerprint density at radius 3 is 2.22 bits per heavy atom. The highest BCUT2D eigenvalue weighted by Gasteiger charge is 2.31. The van der Waals surface area contributed by atoms with Gasteiger partial charge in [0.05, 0.1) is 6.04 Å². The van der Waals surface area contributed by atoms with Crippen LogP contribution >= 0.6 is 0 Å². The van der Waals surface area contributed by atoms with Crippen LogP contribution in [0.3, 0.4) is 0 Å². The van der Waals surface area contributed by atoms with Gasteiger partial charge in [-0.05, 0) is 57.2 Å². The first-order valence-electron chi connectivity index (χ1n) is 12.6. The van der Waals surface area contributed by atoms with E-state index in [1.165, 1.54) is 0 Å². The van der Waals surface area contributed by atoms with E-state index in [1.54, 1.807) is 24.3 Å². The maximum Gasteiger partial charge on any atom is 0.326 e. The maximum absolute atomic E-state index is 13.2. The normalized spacial score (nSPS) is 17.3. The van der Waals surface area contributed by atoms with Crippen LogP contribution in [0.25, 0.3) is 0 Å². The average molecular weight is 519 g/mol. The van der Waals surface area contributed by atoms with E-state index < -0.39 is 47.9 Å². The van der Waals surface area contributed by atoms with E-state index in [0.717, 1.165) is 12.0 Å². The zero-order chi connectivity index (χ0) is 27.2. The number of carbonyl (C=O) groups excluding carboxylic acids is 4. The predicted octanol–water partition coefficient (Wildman–Crippen LogP) is -1.09. The minimum absolute atomic E-state index is 0.0455. The van der Waals surface area contributed by atoms with E-state index in [-0.39, 0.29) is 31.6 Å². The lowest BCUT2D eigenvalue weighted by Gasteiger charge is -2.25. The highest BCUT2D eigenvalue weighted by atomic mass is 16.4. The molecule has 0 bridgehead atoms. The quantitative estimate of drug-likeness (QED) is 0.134. The molecule has 1 saturated heterocycles. The SMILES string of the molecule is NCCCCC(NC(=O)C(Cc1ccccc1)NC(=O)C(CCC(N)=O)NC(=O)C1CCCN1)C(=O)O. The standard InChI is InChI=1S/C25H38N6O6/c26-13-5-4-9-19(25(36)37)30-24(35)20(15-16-7-2-1-3-8-16)31-23(34)18(11-12-21(27)32)29-22(33)17-10-6-14-28-17/h1-3,7-8,17-20,28H,4-6,9-15,26H2,(H2,27,32)(H,29,33)(H,30,35)(H,31,34)(H,36,37). The highest BCUT2D eigenvalue weighted by molar-refractivity contribution is 5.94. The molecule has 4 unspecified atom stereocenters. The van der Waals surface area contributed by atoms with Gasteiger partial charge in [-0.1, -0.05) is 30.3 Å². The minimum atomic E-state index is -1.19. The van der Waals surface area contributed by atoms with E-state index in [4.69, 9.17) is 11.5 Å². The van der Waals surface area contributed by atoms with Crippen LogP contribution in [-0.4, -0.2) is 72.0 Å². The first kappa shape index (κ1) is 29.7. The fourth-order valence-electron chi connectivity index (χ4n) is 4.09. The minimum Gasteiger partial charge on any atom is -0.480 e. The van der Waals surface area contributed by atoms with Crippen molar-refractivity contribution in [3.05, 3.63) is 35.9 Å². The zero-order valence-electron chi connectivity index (χ0n) is 20.9. The summed E-state index contributed by atoms with van der Waals surface area (Å²) in [5.41, 5.74) is 11.5. The molecule has 0 saturated carbocycles. The third-order valence-electron chi connectivity index (χ3n) is 6.17. The summed E-state index contributed by atoms with van der Waals surface area (Å²) >= 11 is 0. The van der Waals surface area contributed by atoms with Crippen molar-refractivity contribution in [2.45, 2.75) is 75.5 Å². The number of nitrogens with one attached hydrogen (secondary N) is 4. The molecule has 0 spiro atoms. The van der Waals surface area contributed by atoms with Gasteiger partial charge < -0.3 is 37.8 Å². The summed E-state index contributed by atoms with van der Waals surface area (Å²) < 4.78 is 0. The topological polar surface area (TPSA) is 206 Å².